The number of halogens is 4. The van der Waals surface area contributed by atoms with Gasteiger partial charge in [-0.3, -0.25) is 43.8 Å². The van der Waals surface area contributed by atoms with Gasteiger partial charge in [-0.1, -0.05) is 63.1 Å². The second kappa shape index (κ2) is 20.5. The van der Waals surface area contributed by atoms with E-state index in [1.54, 1.807) is 36.4 Å². The molecule has 0 aromatic heterocycles. The zero-order valence-electron chi connectivity index (χ0n) is 37.0. The van der Waals surface area contributed by atoms with E-state index in [1.807, 2.05) is 0 Å². The average molecular weight is 933 g/mol. The highest BCUT2D eigenvalue weighted by Gasteiger charge is 2.59. The number of hydrogen-bond acceptors (Lipinski definition) is 10. The van der Waals surface area contributed by atoms with Gasteiger partial charge in [0.05, 0.1) is 11.1 Å². The van der Waals surface area contributed by atoms with E-state index in [1.165, 1.54) is 12.1 Å². The zero-order chi connectivity index (χ0) is 48.0. The maximum Gasteiger partial charge on any atom is 0.418 e. The number of rotatable bonds is 20. The first-order chi connectivity index (χ1) is 32.0. The Balaban J connectivity index is 0.775. The Morgan fingerprint density at radius 2 is 1.49 bits per heavy atom. The van der Waals surface area contributed by atoms with Crippen molar-refractivity contribution in [2.45, 2.75) is 127 Å². The number of hydrogen-bond donors (Lipinski definition) is 3. The van der Waals surface area contributed by atoms with Crippen LogP contribution in [0.1, 0.15) is 128 Å². The highest BCUT2D eigenvalue weighted by molar-refractivity contribution is 6.23. The van der Waals surface area contributed by atoms with Gasteiger partial charge in [-0.2, -0.15) is 13.2 Å². The summed E-state index contributed by atoms with van der Waals surface area (Å²) in [6.07, 6.45) is 3.58. The van der Waals surface area contributed by atoms with Gasteiger partial charge >= 0.3 is 12.3 Å². The molecule has 3 unspecified atom stereocenters. The molecule has 3 atom stereocenters. The van der Waals surface area contributed by atoms with Crippen LogP contribution < -0.4 is 16.0 Å². The van der Waals surface area contributed by atoms with Gasteiger partial charge in [0.25, 0.3) is 17.7 Å². The van der Waals surface area contributed by atoms with Gasteiger partial charge in [-0.25, -0.2) is 14.1 Å². The number of amides is 8. The van der Waals surface area contributed by atoms with Crippen molar-refractivity contribution in [3.63, 3.8) is 0 Å². The molecule has 1 spiro atoms. The van der Waals surface area contributed by atoms with Crippen LogP contribution >= 0.6 is 0 Å². The first kappa shape index (κ1) is 48.3. The molecular formula is C48H52F4N6O9. The van der Waals surface area contributed by atoms with Crippen molar-refractivity contribution in [3.8, 4) is 0 Å². The van der Waals surface area contributed by atoms with E-state index < -0.39 is 84.3 Å². The Labute approximate surface area is 383 Å². The topological polar surface area (TPSA) is 192 Å². The van der Waals surface area contributed by atoms with Crippen molar-refractivity contribution in [1.29, 1.82) is 0 Å². The summed E-state index contributed by atoms with van der Waals surface area (Å²) in [5.41, 5.74) is 1.15. The second-order valence-electron chi connectivity index (χ2n) is 17.4. The smallest absolute Gasteiger partial charge is 0.418 e. The lowest BCUT2D eigenvalue weighted by molar-refractivity contribution is -0.187. The van der Waals surface area contributed by atoms with Crippen LogP contribution in [0.3, 0.4) is 0 Å². The molecule has 4 aliphatic rings. The summed E-state index contributed by atoms with van der Waals surface area (Å²) < 4.78 is 60.5. The number of anilines is 2. The maximum absolute atomic E-state index is 13.8. The number of imide groups is 3. The van der Waals surface area contributed by atoms with E-state index in [2.05, 4.69) is 16.0 Å². The predicted octanol–water partition coefficient (Wildman–Crippen LogP) is 7.28. The number of aryl methyl sites for hydroxylation is 1. The number of ether oxygens (including phenoxy) is 1. The van der Waals surface area contributed by atoms with Crippen LogP contribution in [0.2, 0.25) is 0 Å². The van der Waals surface area contributed by atoms with Gasteiger partial charge in [0.2, 0.25) is 29.2 Å². The molecule has 3 N–H and O–H groups in total. The number of piperidine rings is 1. The molecule has 1 aliphatic carbocycles. The highest BCUT2D eigenvalue weighted by atomic mass is 19.4. The van der Waals surface area contributed by atoms with E-state index in [9.17, 15) is 55.9 Å². The molecular weight excluding hydrogens is 881 g/mol. The Bertz CT molecular complexity index is 2450. The summed E-state index contributed by atoms with van der Waals surface area (Å²) in [6, 6.07) is 11.1. The number of benzene rings is 3. The standard InChI is InChI=1S/C48H52F4N6O9/c1-29(48(50,51)52)56(27-30-12-14-32(49)15-13-30)41(61)28-57-45(65)47(67-46(57)66)23-22-31-25-34(17-19-37(31)47)54-39(59)11-9-7-5-3-2-4-6-8-10-24-53-33-16-18-35-36(26-33)44(64)58(43(35)63)38-20-21-40(60)55-42(38)62/h12-19,25-26,29,38,53H,2-11,20-24,27-28H2,1H3,(H,54,59)(H,55,60,62). The monoisotopic (exact) mass is 932 g/mol. The normalized spacial score (nSPS) is 19.4. The van der Waals surface area contributed by atoms with E-state index in [4.69, 9.17) is 4.74 Å². The molecule has 2 fully saturated rings. The van der Waals surface area contributed by atoms with Crippen LogP contribution in [-0.4, -0.2) is 93.5 Å². The molecule has 3 aromatic carbocycles. The summed E-state index contributed by atoms with van der Waals surface area (Å²) >= 11 is 0. The number of alkyl halides is 3. The molecule has 0 radical (unpaired) electrons. The largest absolute Gasteiger partial charge is 0.427 e. The molecule has 8 amide bonds. The third-order valence-corrected chi connectivity index (χ3v) is 12.8. The molecule has 3 heterocycles. The predicted molar refractivity (Wildman–Crippen MR) is 234 cm³/mol. The van der Waals surface area contributed by atoms with Gasteiger partial charge in [0, 0.05) is 49.3 Å². The highest BCUT2D eigenvalue weighted by Crippen LogP contribution is 2.46. The fourth-order valence-corrected chi connectivity index (χ4v) is 9.05. The molecule has 67 heavy (non-hydrogen) atoms. The number of unbranched alkanes of at least 4 members (excludes halogenated alkanes) is 8. The Morgan fingerprint density at radius 3 is 2.18 bits per heavy atom. The van der Waals surface area contributed by atoms with Crippen LogP contribution in [0.25, 0.3) is 0 Å². The summed E-state index contributed by atoms with van der Waals surface area (Å²) in [5, 5.41) is 8.37. The molecule has 0 bridgehead atoms. The SMILES string of the molecule is CC(N(Cc1ccc(F)cc1)C(=O)CN1C(=O)OC2(CCc3cc(NC(=O)CCCCCCCCCCCNc4ccc5c(c4)C(=O)N(C4CCC(=O)NC4=O)C5=O)ccc32)C1=O)C(F)(F)F. The zero-order valence-corrected chi connectivity index (χ0v) is 37.0. The third kappa shape index (κ3) is 10.8. The minimum absolute atomic E-state index is 0.0479. The minimum atomic E-state index is -4.82. The molecule has 15 nitrogen and oxygen atoms in total. The van der Waals surface area contributed by atoms with Crippen LogP contribution in [0.4, 0.5) is 33.7 Å². The summed E-state index contributed by atoms with van der Waals surface area (Å²) in [4.78, 5) is 105. The van der Waals surface area contributed by atoms with Crippen LogP contribution in [-0.2, 0) is 47.3 Å². The van der Waals surface area contributed by atoms with Gasteiger partial charge in [-0.05, 0) is 86.2 Å². The molecule has 3 aromatic rings. The molecule has 0 saturated carbocycles. The molecule has 3 aliphatic heterocycles. The van der Waals surface area contributed by atoms with Gasteiger partial charge < -0.3 is 20.3 Å². The fraction of sp³-hybridized carbons (Fsp3) is 0.458. The molecule has 2 saturated heterocycles. The first-order valence-electron chi connectivity index (χ1n) is 22.6. The molecule has 7 rings (SSSR count). The quantitative estimate of drug-likeness (QED) is 0.0590. The number of carbonyl (C=O) groups excluding carboxylic acids is 8. The van der Waals surface area contributed by atoms with Crippen LogP contribution in [0.15, 0.2) is 60.7 Å². The van der Waals surface area contributed by atoms with E-state index in [-0.39, 0.29) is 41.9 Å². The lowest BCUT2D eigenvalue weighted by atomic mass is 9.94. The Kier molecular flexibility index (Phi) is 14.7. The number of carbonyl (C=O) groups is 8. The van der Waals surface area contributed by atoms with Crippen molar-refractivity contribution >= 4 is 58.8 Å². The molecule has 356 valence electrons. The molecule has 19 heteroatoms. The number of nitrogens with zero attached hydrogens (tertiary/aromatic N) is 3. The first-order valence-corrected chi connectivity index (χ1v) is 22.6. The minimum Gasteiger partial charge on any atom is -0.427 e. The van der Waals surface area contributed by atoms with E-state index >= 15 is 0 Å². The summed E-state index contributed by atoms with van der Waals surface area (Å²) in [5.74, 6) is -4.95. The van der Waals surface area contributed by atoms with Gasteiger partial charge in [0.15, 0.2) is 0 Å². The lowest BCUT2D eigenvalue weighted by Crippen LogP contribution is -2.54. The fourth-order valence-electron chi connectivity index (χ4n) is 9.05. The third-order valence-electron chi connectivity index (χ3n) is 12.8. The van der Waals surface area contributed by atoms with Crippen molar-refractivity contribution in [2.24, 2.45) is 0 Å². The Hall–Kier alpha value is -6.66. The van der Waals surface area contributed by atoms with Crippen molar-refractivity contribution in [1.82, 2.24) is 20.0 Å². The van der Waals surface area contributed by atoms with E-state index in [0.29, 0.717) is 58.1 Å². The maximum atomic E-state index is 13.8. The van der Waals surface area contributed by atoms with Gasteiger partial charge in [-0.15, -0.1) is 0 Å². The van der Waals surface area contributed by atoms with Crippen molar-refractivity contribution < 1.29 is 60.7 Å². The van der Waals surface area contributed by atoms with Gasteiger partial charge in [0.1, 0.15) is 24.4 Å². The average Bonchev–Trinajstić information content (AvgIpc) is 3.86. The Morgan fingerprint density at radius 1 is 0.836 bits per heavy atom. The number of fused-ring (bicyclic) bond motifs is 3. The van der Waals surface area contributed by atoms with Crippen LogP contribution in [0.5, 0.6) is 0 Å². The van der Waals surface area contributed by atoms with Crippen molar-refractivity contribution in [3.05, 3.63) is 94.3 Å². The summed E-state index contributed by atoms with van der Waals surface area (Å²) in [6.45, 7) is -0.0615. The van der Waals surface area contributed by atoms with Crippen molar-refractivity contribution in [2.75, 3.05) is 23.7 Å². The lowest BCUT2D eigenvalue weighted by Gasteiger charge is -2.31. The van der Waals surface area contributed by atoms with Crippen LogP contribution in [0, 0.1) is 5.82 Å². The number of nitrogens with one attached hydrogen (secondary N) is 3. The second-order valence-corrected chi connectivity index (χ2v) is 17.4. The summed E-state index contributed by atoms with van der Waals surface area (Å²) in [7, 11) is 0. The van der Waals surface area contributed by atoms with E-state index in [0.717, 1.165) is 75.3 Å².